The minimum Gasteiger partial charge on any atom is -0.371 e. The van der Waals surface area contributed by atoms with Crippen LogP contribution < -0.4 is 5.32 Å². The third kappa shape index (κ3) is 3.08. The lowest BCUT2D eigenvalue weighted by molar-refractivity contribution is 0.160. The molecule has 156 valence electrons. The molecule has 30 heavy (non-hydrogen) atoms. The smallest absolute Gasteiger partial charge is 0.161 e. The number of likely N-dealkylation sites (tertiary alicyclic amines) is 1. The molecule has 0 aliphatic carbocycles. The van der Waals surface area contributed by atoms with E-state index in [9.17, 15) is 8.78 Å². The first-order chi connectivity index (χ1) is 14.5. The summed E-state index contributed by atoms with van der Waals surface area (Å²) in [4.78, 5) is 11.6. The number of nitrogens with zero attached hydrogens (tertiary/aromatic N) is 4. The second-order valence-corrected chi connectivity index (χ2v) is 8.59. The maximum atomic E-state index is 14.1. The molecule has 0 bridgehead atoms. The molecule has 1 N–H and O–H groups in total. The first kappa shape index (κ1) is 19.2. The zero-order chi connectivity index (χ0) is 20.9. The van der Waals surface area contributed by atoms with Crippen LogP contribution in [0.2, 0.25) is 0 Å². The van der Waals surface area contributed by atoms with Gasteiger partial charge in [0.15, 0.2) is 5.82 Å². The van der Waals surface area contributed by atoms with Gasteiger partial charge in [0.05, 0.1) is 23.1 Å². The summed E-state index contributed by atoms with van der Waals surface area (Å²) in [5.74, 6) is 1.18. The lowest BCUT2D eigenvalue weighted by Crippen LogP contribution is -2.49. The standard InChI is InChI=1S/C23H25F2N5/c1-15(2)21-27-13-20-23(28-19-4-3-9-26-22(19)30(20)21)7-10-29(11-8-23)14-16-5-6-17(24)12-18(16)25/h3-6,9,12-13,15,28H,7-8,10-11,14H2,1-2H3. The van der Waals surface area contributed by atoms with Crippen molar-refractivity contribution in [3.8, 4) is 5.82 Å². The molecule has 5 nitrogen and oxygen atoms in total. The normalized spacial score (nSPS) is 17.6. The number of pyridine rings is 1. The van der Waals surface area contributed by atoms with E-state index in [0.29, 0.717) is 12.1 Å². The van der Waals surface area contributed by atoms with Gasteiger partial charge in [-0.2, -0.15) is 0 Å². The zero-order valence-corrected chi connectivity index (χ0v) is 17.2. The topological polar surface area (TPSA) is 46.0 Å². The lowest BCUT2D eigenvalue weighted by atomic mass is 9.82. The Labute approximate surface area is 174 Å². The summed E-state index contributed by atoms with van der Waals surface area (Å²) in [6, 6.07) is 7.84. The first-order valence-electron chi connectivity index (χ1n) is 10.4. The third-order valence-electron chi connectivity index (χ3n) is 6.29. The van der Waals surface area contributed by atoms with Crippen LogP contribution >= 0.6 is 0 Å². The number of hydrogen-bond acceptors (Lipinski definition) is 4. The van der Waals surface area contributed by atoms with Crippen LogP contribution in [0.15, 0.2) is 42.7 Å². The van der Waals surface area contributed by atoms with Crippen molar-refractivity contribution in [1.29, 1.82) is 0 Å². The van der Waals surface area contributed by atoms with Crippen LogP contribution in [0.4, 0.5) is 14.5 Å². The van der Waals surface area contributed by atoms with Gasteiger partial charge in [-0.1, -0.05) is 19.9 Å². The number of piperidine rings is 1. The Bertz CT molecular complexity index is 1080. The second-order valence-electron chi connectivity index (χ2n) is 8.59. The van der Waals surface area contributed by atoms with E-state index in [2.05, 4.69) is 39.7 Å². The number of rotatable bonds is 3. The highest BCUT2D eigenvalue weighted by atomic mass is 19.1. The number of aromatic nitrogens is 3. The van der Waals surface area contributed by atoms with E-state index in [0.717, 1.165) is 55.0 Å². The van der Waals surface area contributed by atoms with Crippen LogP contribution in [-0.4, -0.2) is 32.5 Å². The fourth-order valence-electron chi connectivity index (χ4n) is 4.69. The van der Waals surface area contributed by atoms with Gasteiger partial charge in [-0.15, -0.1) is 0 Å². The molecule has 0 unspecified atom stereocenters. The van der Waals surface area contributed by atoms with Crippen LogP contribution in [-0.2, 0) is 12.1 Å². The number of halogens is 2. The molecule has 0 atom stereocenters. The third-order valence-corrected chi connectivity index (χ3v) is 6.29. The molecule has 1 spiro atoms. The SMILES string of the molecule is CC(C)c1ncc2n1-c1ncccc1NC21CCN(Cc2ccc(F)cc2F)CC1. The quantitative estimate of drug-likeness (QED) is 0.688. The molecule has 1 saturated heterocycles. The Morgan fingerprint density at radius 1 is 1.13 bits per heavy atom. The van der Waals surface area contributed by atoms with Gasteiger partial charge < -0.3 is 5.32 Å². The molecule has 1 fully saturated rings. The fraction of sp³-hybridized carbons (Fsp3) is 0.391. The molecule has 1 aromatic carbocycles. The molecule has 5 rings (SSSR count). The number of imidazole rings is 1. The van der Waals surface area contributed by atoms with E-state index in [1.54, 1.807) is 6.07 Å². The Morgan fingerprint density at radius 3 is 2.67 bits per heavy atom. The molecule has 2 aliphatic heterocycles. The molecule has 2 aliphatic rings. The highest BCUT2D eigenvalue weighted by Crippen LogP contribution is 2.44. The minimum absolute atomic E-state index is 0.228. The molecular formula is C23H25F2N5. The first-order valence-corrected chi connectivity index (χ1v) is 10.4. The maximum absolute atomic E-state index is 14.1. The number of anilines is 1. The van der Waals surface area contributed by atoms with Crippen LogP contribution in [0.3, 0.4) is 0 Å². The highest BCUT2D eigenvalue weighted by molar-refractivity contribution is 5.63. The van der Waals surface area contributed by atoms with Crippen molar-refractivity contribution in [1.82, 2.24) is 19.4 Å². The van der Waals surface area contributed by atoms with E-state index in [1.807, 2.05) is 18.5 Å². The highest BCUT2D eigenvalue weighted by Gasteiger charge is 2.43. The van der Waals surface area contributed by atoms with Gasteiger partial charge in [-0.05, 0) is 31.0 Å². The van der Waals surface area contributed by atoms with Crippen molar-refractivity contribution in [2.75, 3.05) is 18.4 Å². The molecule has 7 heteroatoms. The van der Waals surface area contributed by atoms with Gasteiger partial charge in [0.1, 0.15) is 17.5 Å². The van der Waals surface area contributed by atoms with Crippen LogP contribution in [0.25, 0.3) is 5.82 Å². The van der Waals surface area contributed by atoms with E-state index in [-0.39, 0.29) is 11.5 Å². The van der Waals surface area contributed by atoms with Crippen LogP contribution in [0.1, 0.15) is 49.7 Å². The van der Waals surface area contributed by atoms with Crippen LogP contribution in [0, 0.1) is 11.6 Å². The molecule has 0 saturated carbocycles. The minimum atomic E-state index is -0.540. The van der Waals surface area contributed by atoms with Crippen LogP contribution in [0.5, 0.6) is 0 Å². The van der Waals surface area contributed by atoms with Gasteiger partial charge in [0, 0.05) is 43.4 Å². The van der Waals surface area contributed by atoms with Gasteiger partial charge in [0.25, 0.3) is 0 Å². The van der Waals surface area contributed by atoms with E-state index >= 15 is 0 Å². The summed E-state index contributed by atoms with van der Waals surface area (Å²) >= 11 is 0. The summed E-state index contributed by atoms with van der Waals surface area (Å²) in [7, 11) is 0. The summed E-state index contributed by atoms with van der Waals surface area (Å²) in [5, 5.41) is 3.75. The molecule has 0 amide bonds. The van der Waals surface area contributed by atoms with E-state index < -0.39 is 11.6 Å². The molecule has 4 heterocycles. The summed E-state index contributed by atoms with van der Waals surface area (Å²) in [6.07, 6.45) is 5.53. The summed E-state index contributed by atoms with van der Waals surface area (Å²) in [6.45, 7) is 6.39. The van der Waals surface area contributed by atoms with Crippen molar-refractivity contribution in [2.45, 2.75) is 44.7 Å². The van der Waals surface area contributed by atoms with Crippen molar-refractivity contribution in [3.63, 3.8) is 0 Å². The average Bonchev–Trinajstić information content (AvgIpc) is 3.19. The van der Waals surface area contributed by atoms with Crippen molar-refractivity contribution >= 4 is 5.69 Å². The zero-order valence-electron chi connectivity index (χ0n) is 17.2. The summed E-state index contributed by atoms with van der Waals surface area (Å²) < 4.78 is 29.5. The second kappa shape index (κ2) is 7.16. The van der Waals surface area contributed by atoms with E-state index in [4.69, 9.17) is 4.98 Å². The molecular weight excluding hydrogens is 384 g/mol. The Kier molecular flexibility index (Phi) is 4.58. The van der Waals surface area contributed by atoms with Gasteiger partial charge in [-0.25, -0.2) is 18.7 Å². The maximum Gasteiger partial charge on any atom is 0.161 e. The number of nitrogens with one attached hydrogen (secondary N) is 1. The van der Waals surface area contributed by atoms with Gasteiger partial charge in [-0.3, -0.25) is 9.47 Å². The summed E-state index contributed by atoms with van der Waals surface area (Å²) in [5.41, 5.74) is 2.46. The lowest BCUT2D eigenvalue weighted by Gasteiger charge is -2.45. The largest absolute Gasteiger partial charge is 0.371 e. The fourth-order valence-corrected chi connectivity index (χ4v) is 4.69. The monoisotopic (exact) mass is 409 g/mol. The number of fused-ring (bicyclic) bond motifs is 4. The predicted octanol–water partition coefficient (Wildman–Crippen LogP) is 4.59. The molecule has 2 aromatic heterocycles. The predicted molar refractivity (Wildman–Crippen MR) is 112 cm³/mol. The average molecular weight is 409 g/mol. The van der Waals surface area contributed by atoms with E-state index in [1.165, 1.54) is 6.07 Å². The molecule has 0 radical (unpaired) electrons. The van der Waals surface area contributed by atoms with Crippen molar-refractivity contribution in [3.05, 3.63) is 71.4 Å². The number of hydrogen-bond donors (Lipinski definition) is 1. The van der Waals surface area contributed by atoms with Crippen molar-refractivity contribution in [2.24, 2.45) is 0 Å². The van der Waals surface area contributed by atoms with Gasteiger partial charge >= 0.3 is 0 Å². The Morgan fingerprint density at radius 2 is 1.93 bits per heavy atom. The Hall–Kier alpha value is -2.80. The van der Waals surface area contributed by atoms with Crippen molar-refractivity contribution < 1.29 is 8.78 Å². The van der Waals surface area contributed by atoms with Gasteiger partial charge in [0.2, 0.25) is 0 Å². The Balaban J connectivity index is 1.43. The molecule has 3 aromatic rings. The number of benzene rings is 1.